The quantitative estimate of drug-likeness (QED) is 0.638. The molecule has 0 spiro atoms. The van der Waals surface area contributed by atoms with Crippen LogP contribution in [0.25, 0.3) is 11.3 Å². The Kier molecular flexibility index (Phi) is 5.74. The maximum atomic E-state index is 5.29. The van der Waals surface area contributed by atoms with Crippen molar-refractivity contribution in [3.05, 3.63) is 66.1 Å². The summed E-state index contributed by atoms with van der Waals surface area (Å²) in [5.41, 5.74) is 4.66. The molecule has 162 valence electrons. The highest BCUT2D eigenvalue weighted by Gasteiger charge is 2.41. The van der Waals surface area contributed by atoms with E-state index in [4.69, 9.17) is 9.84 Å². The number of rotatable bonds is 7. The van der Waals surface area contributed by atoms with Crippen molar-refractivity contribution in [1.82, 2.24) is 25.0 Å². The number of fused-ring (bicyclic) bond motifs is 3. The third-order valence-corrected chi connectivity index (χ3v) is 6.97. The van der Waals surface area contributed by atoms with Gasteiger partial charge in [-0.25, -0.2) is 0 Å². The normalized spacial score (nSPS) is 25.0. The molecule has 2 aromatic heterocycles. The van der Waals surface area contributed by atoms with E-state index in [-0.39, 0.29) is 0 Å². The number of aryl methyl sites for hydroxylation is 1. The van der Waals surface area contributed by atoms with Crippen LogP contribution in [0, 0.1) is 5.92 Å². The SMILES string of the molecule is COc1ccc(-c2cc([C@H]3CN4CC[C@H]3C[C@@H]4CNCc3ccccn3)n(C)n2)cc1. The number of hydrogen-bond donors (Lipinski definition) is 1. The number of benzene rings is 1. The second-order valence-corrected chi connectivity index (χ2v) is 8.80. The zero-order valence-electron chi connectivity index (χ0n) is 18.4. The lowest BCUT2D eigenvalue weighted by molar-refractivity contribution is 0.0281. The van der Waals surface area contributed by atoms with Gasteiger partial charge in [0.1, 0.15) is 5.75 Å². The Morgan fingerprint density at radius 1 is 1.16 bits per heavy atom. The third kappa shape index (κ3) is 4.23. The molecule has 6 nitrogen and oxygen atoms in total. The number of aromatic nitrogens is 3. The number of ether oxygens (including phenoxy) is 1. The van der Waals surface area contributed by atoms with Gasteiger partial charge in [0.25, 0.3) is 0 Å². The summed E-state index contributed by atoms with van der Waals surface area (Å²) >= 11 is 0. The molecule has 0 aliphatic carbocycles. The van der Waals surface area contributed by atoms with Crippen molar-refractivity contribution in [3.8, 4) is 17.0 Å². The van der Waals surface area contributed by atoms with Crippen molar-refractivity contribution >= 4 is 0 Å². The molecule has 4 atom stereocenters. The van der Waals surface area contributed by atoms with E-state index in [0.29, 0.717) is 12.0 Å². The molecular weight excluding hydrogens is 386 g/mol. The zero-order valence-corrected chi connectivity index (χ0v) is 18.4. The van der Waals surface area contributed by atoms with E-state index >= 15 is 0 Å². The Labute approximate surface area is 184 Å². The molecule has 3 aliphatic rings. The van der Waals surface area contributed by atoms with Crippen molar-refractivity contribution in [2.75, 3.05) is 26.7 Å². The minimum absolute atomic E-state index is 0.560. The van der Waals surface area contributed by atoms with E-state index < -0.39 is 0 Å². The molecule has 6 heteroatoms. The van der Waals surface area contributed by atoms with E-state index in [1.807, 2.05) is 24.4 Å². The second kappa shape index (κ2) is 8.81. The van der Waals surface area contributed by atoms with Crippen molar-refractivity contribution in [2.45, 2.75) is 31.3 Å². The van der Waals surface area contributed by atoms with E-state index in [9.17, 15) is 0 Å². The van der Waals surface area contributed by atoms with Crippen LogP contribution in [-0.4, -0.2) is 52.5 Å². The Morgan fingerprint density at radius 2 is 2.03 bits per heavy atom. The predicted octanol–water partition coefficient (Wildman–Crippen LogP) is 3.46. The summed E-state index contributed by atoms with van der Waals surface area (Å²) in [7, 11) is 3.79. The molecule has 1 aromatic carbocycles. The minimum Gasteiger partial charge on any atom is -0.497 e. The number of nitrogens with zero attached hydrogens (tertiary/aromatic N) is 4. The summed E-state index contributed by atoms with van der Waals surface area (Å²) < 4.78 is 7.38. The molecule has 0 amide bonds. The number of nitrogens with one attached hydrogen (secondary N) is 1. The topological polar surface area (TPSA) is 55.2 Å². The van der Waals surface area contributed by atoms with Gasteiger partial charge in [0.2, 0.25) is 0 Å². The molecule has 1 N–H and O–H groups in total. The zero-order chi connectivity index (χ0) is 21.2. The Hall–Kier alpha value is -2.70. The van der Waals surface area contributed by atoms with Crippen molar-refractivity contribution in [1.29, 1.82) is 0 Å². The Morgan fingerprint density at radius 3 is 2.74 bits per heavy atom. The highest BCUT2D eigenvalue weighted by atomic mass is 16.5. The van der Waals surface area contributed by atoms with Gasteiger partial charge in [-0.05, 0) is 67.8 Å². The molecule has 3 saturated heterocycles. The second-order valence-electron chi connectivity index (χ2n) is 8.80. The van der Waals surface area contributed by atoms with Gasteiger partial charge in [0, 0.05) is 56.1 Å². The van der Waals surface area contributed by atoms with E-state index in [1.165, 1.54) is 25.1 Å². The molecule has 5 heterocycles. The highest BCUT2D eigenvalue weighted by Crippen LogP contribution is 2.42. The van der Waals surface area contributed by atoms with Gasteiger partial charge in [-0.3, -0.25) is 14.6 Å². The lowest BCUT2D eigenvalue weighted by Gasteiger charge is -2.50. The van der Waals surface area contributed by atoms with Gasteiger partial charge in [0.05, 0.1) is 18.5 Å². The number of pyridine rings is 1. The molecule has 3 fully saturated rings. The molecule has 2 bridgehead atoms. The minimum atomic E-state index is 0.560. The van der Waals surface area contributed by atoms with E-state index in [1.54, 1.807) is 7.11 Å². The average Bonchev–Trinajstić information content (AvgIpc) is 3.21. The standard InChI is InChI=1S/C25H31N5O/c1-29-25(14-24(28-29)18-6-8-22(31-2)9-7-18)23-17-30-12-10-19(23)13-21(30)16-26-15-20-5-3-4-11-27-20/h3-9,11,14,19,21,23,26H,10,12-13,15-17H2,1-2H3/t19-,21+,23-/m0/s1. The smallest absolute Gasteiger partial charge is 0.118 e. The van der Waals surface area contributed by atoms with Crippen LogP contribution in [-0.2, 0) is 13.6 Å². The van der Waals surface area contributed by atoms with Crippen LogP contribution in [0.5, 0.6) is 5.75 Å². The van der Waals surface area contributed by atoms with Crippen LogP contribution in [0.3, 0.4) is 0 Å². The number of piperidine rings is 3. The first-order valence-electron chi connectivity index (χ1n) is 11.2. The molecule has 0 radical (unpaired) electrons. The molecule has 6 rings (SSSR count). The molecule has 3 aliphatic heterocycles. The summed E-state index contributed by atoms with van der Waals surface area (Å²) in [6.45, 7) is 4.21. The van der Waals surface area contributed by atoms with E-state index in [2.05, 4.69) is 57.3 Å². The van der Waals surface area contributed by atoms with Crippen molar-refractivity contribution in [2.24, 2.45) is 13.0 Å². The fourth-order valence-corrected chi connectivity index (χ4v) is 5.29. The maximum absolute atomic E-state index is 5.29. The van der Waals surface area contributed by atoms with Crippen LogP contribution in [0.1, 0.15) is 30.1 Å². The van der Waals surface area contributed by atoms with Gasteiger partial charge < -0.3 is 10.1 Å². The monoisotopic (exact) mass is 417 g/mol. The molecule has 3 aromatic rings. The first kappa shape index (κ1) is 20.2. The predicted molar refractivity (Wildman–Crippen MR) is 122 cm³/mol. The fourth-order valence-electron chi connectivity index (χ4n) is 5.29. The summed E-state index contributed by atoms with van der Waals surface area (Å²) in [6, 6.07) is 17.2. The molecular formula is C25H31N5O. The highest BCUT2D eigenvalue weighted by molar-refractivity contribution is 5.60. The number of hydrogen-bond acceptors (Lipinski definition) is 5. The average molecular weight is 418 g/mol. The molecule has 31 heavy (non-hydrogen) atoms. The van der Waals surface area contributed by atoms with Crippen LogP contribution in [0.2, 0.25) is 0 Å². The lowest BCUT2D eigenvalue weighted by atomic mass is 9.74. The summed E-state index contributed by atoms with van der Waals surface area (Å²) in [5, 5.41) is 8.46. The largest absolute Gasteiger partial charge is 0.497 e. The van der Waals surface area contributed by atoms with Gasteiger partial charge in [-0.2, -0.15) is 5.10 Å². The maximum Gasteiger partial charge on any atom is 0.118 e. The molecule has 1 unspecified atom stereocenters. The number of methoxy groups -OCH3 is 1. The summed E-state index contributed by atoms with van der Waals surface area (Å²) in [6.07, 6.45) is 4.40. The van der Waals surface area contributed by atoms with Crippen LogP contribution >= 0.6 is 0 Å². The summed E-state index contributed by atoms with van der Waals surface area (Å²) in [5.74, 6) is 2.16. The lowest BCUT2D eigenvalue weighted by Crippen LogP contribution is -2.55. The van der Waals surface area contributed by atoms with Gasteiger partial charge in [-0.15, -0.1) is 0 Å². The summed E-state index contributed by atoms with van der Waals surface area (Å²) in [4.78, 5) is 7.09. The first-order valence-corrected chi connectivity index (χ1v) is 11.2. The molecule has 0 saturated carbocycles. The van der Waals surface area contributed by atoms with Crippen LogP contribution < -0.4 is 10.1 Å². The van der Waals surface area contributed by atoms with Crippen molar-refractivity contribution in [3.63, 3.8) is 0 Å². The Bertz CT molecular complexity index is 1000. The first-order chi connectivity index (χ1) is 15.2. The van der Waals surface area contributed by atoms with E-state index in [0.717, 1.165) is 48.3 Å². The Balaban J connectivity index is 1.24. The third-order valence-electron chi connectivity index (χ3n) is 6.97. The van der Waals surface area contributed by atoms with Crippen LogP contribution in [0.4, 0.5) is 0 Å². The van der Waals surface area contributed by atoms with Gasteiger partial charge >= 0.3 is 0 Å². The van der Waals surface area contributed by atoms with Gasteiger partial charge in [-0.1, -0.05) is 6.07 Å². The fraction of sp³-hybridized carbons (Fsp3) is 0.440. The van der Waals surface area contributed by atoms with Crippen LogP contribution in [0.15, 0.2) is 54.7 Å². The van der Waals surface area contributed by atoms with Crippen molar-refractivity contribution < 1.29 is 4.74 Å². The van der Waals surface area contributed by atoms with Gasteiger partial charge in [0.15, 0.2) is 0 Å².